The van der Waals surface area contributed by atoms with Crippen LogP contribution in [0.5, 0.6) is 0 Å². The molecule has 0 unspecified atom stereocenters. The van der Waals surface area contributed by atoms with E-state index in [1.165, 1.54) is 27.8 Å². The molecule has 0 saturated carbocycles. The third-order valence-electron chi connectivity index (χ3n) is 2.45. The van der Waals surface area contributed by atoms with Crippen LogP contribution in [0.15, 0.2) is 18.5 Å². The molecule has 2 aromatic heterocycles. The van der Waals surface area contributed by atoms with Crippen LogP contribution in [0, 0.1) is 0 Å². The average Bonchev–Trinajstić information content (AvgIpc) is 2.81. The summed E-state index contributed by atoms with van der Waals surface area (Å²) < 4.78 is 41.1. The van der Waals surface area contributed by atoms with E-state index in [1.54, 1.807) is 14.0 Å². The van der Waals surface area contributed by atoms with Crippen LogP contribution in [0.2, 0.25) is 0 Å². The third-order valence-corrected chi connectivity index (χ3v) is 2.45. The van der Waals surface area contributed by atoms with Crippen molar-refractivity contribution in [2.45, 2.75) is 19.6 Å². The van der Waals surface area contributed by atoms with E-state index in [-0.39, 0.29) is 5.56 Å². The maximum atomic E-state index is 12.8. The van der Waals surface area contributed by atoms with Crippen molar-refractivity contribution in [1.29, 1.82) is 0 Å². The van der Waals surface area contributed by atoms with Gasteiger partial charge >= 0.3 is 6.18 Å². The fourth-order valence-corrected chi connectivity index (χ4v) is 1.62. The first-order chi connectivity index (χ1) is 7.93. The van der Waals surface area contributed by atoms with Crippen molar-refractivity contribution < 1.29 is 13.2 Å². The van der Waals surface area contributed by atoms with Crippen molar-refractivity contribution in [2.75, 3.05) is 0 Å². The Morgan fingerprint density at radius 1 is 1.35 bits per heavy atom. The van der Waals surface area contributed by atoms with Gasteiger partial charge in [0.15, 0.2) is 5.69 Å². The van der Waals surface area contributed by atoms with Gasteiger partial charge in [-0.3, -0.25) is 9.36 Å². The molecule has 7 heteroatoms. The summed E-state index contributed by atoms with van der Waals surface area (Å²) in [6.07, 6.45) is -1.61. The summed E-state index contributed by atoms with van der Waals surface area (Å²) in [7, 11) is 1.60. The van der Waals surface area contributed by atoms with Crippen LogP contribution >= 0.6 is 0 Å². The van der Waals surface area contributed by atoms with Crippen LogP contribution in [0.3, 0.4) is 0 Å². The molecule has 0 aliphatic carbocycles. The van der Waals surface area contributed by atoms with E-state index in [0.717, 1.165) is 0 Å². The van der Waals surface area contributed by atoms with E-state index < -0.39 is 11.9 Å². The lowest BCUT2D eigenvalue weighted by molar-refractivity contribution is -0.141. The number of halogens is 3. The van der Waals surface area contributed by atoms with Gasteiger partial charge in [-0.15, -0.1) is 0 Å². The van der Waals surface area contributed by atoms with E-state index in [1.807, 2.05) is 0 Å². The monoisotopic (exact) mass is 244 g/mol. The number of hydrogen-bond acceptors (Lipinski definition) is 2. The molecule has 0 N–H and O–H groups in total. The molecular weight excluding hydrogens is 233 g/mol. The maximum Gasteiger partial charge on any atom is 0.435 e. The highest BCUT2D eigenvalue weighted by atomic mass is 19.4. The Labute approximate surface area is 95.7 Å². The van der Waals surface area contributed by atoms with Crippen LogP contribution < -0.4 is 0 Å². The van der Waals surface area contributed by atoms with E-state index in [9.17, 15) is 13.2 Å². The Bertz CT molecular complexity index is 524. The predicted octanol–water partition coefficient (Wildman–Crippen LogP) is 2.32. The summed E-state index contributed by atoms with van der Waals surface area (Å²) in [6, 6.07) is 1.53. The lowest BCUT2D eigenvalue weighted by Gasteiger charge is -2.05. The number of nitrogens with zero attached hydrogens (tertiary/aromatic N) is 4. The molecule has 2 heterocycles. The van der Waals surface area contributed by atoms with E-state index in [2.05, 4.69) is 10.2 Å². The zero-order chi connectivity index (χ0) is 12.6. The molecular formula is C10H11F3N4. The van der Waals surface area contributed by atoms with Gasteiger partial charge in [-0.25, -0.2) is 0 Å². The molecule has 0 spiro atoms. The van der Waals surface area contributed by atoms with Crippen LogP contribution in [-0.2, 0) is 19.8 Å². The Kier molecular flexibility index (Phi) is 2.68. The SMILES string of the molecule is CCn1cc(-c2ccnn2C)c(C(F)(F)F)n1. The quantitative estimate of drug-likeness (QED) is 0.812. The molecule has 2 rings (SSSR count). The second kappa shape index (κ2) is 3.90. The molecule has 0 fully saturated rings. The Balaban J connectivity index is 2.61. The minimum absolute atomic E-state index is 0.0550. The average molecular weight is 244 g/mol. The fourth-order valence-electron chi connectivity index (χ4n) is 1.62. The minimum Gasteiger partial charge on any atom is -0.272 e. The summed E-state index contributed by atoms with van der Waals surface area (Å²) in [5.41, 5.74) is -0.417. The van der Waals surface area contributed by atoms with Gasteiger partial charge in [-0.1, -0.05) is 0 Å². The van der Waals surface area contributed by atoms with Crippen molar-refractivity contribution in [3.8, 4) is 11.3 Å². The molecule has 92 valence electrons. The number of rotatable bonds is 2. The van der Waals surface area contributed by atoms with E-state index in [4.69, 9.17) is 0 Å². The van der Waals surface area contributed by atoms with Gasteiger partial charge in [0.05, 0.1) is 11.3 Å². The van der Waals surface area contributed by atoms with E-state index in [0.29, 0.717) is 12.2 Å². The molecule has 0 bridgehead atoms. The molecule has 0 atom stereocenters. The first-order valence-electron chi connectivity index (χ1n) is 5.06. The molecule has 0 radical (unpaired) electrons. The Morgan fingerprint density at radius 2 is 2.06 bits per heavy atom. The Hall–Kier alpha value is -1.79. The van der Waals surface area contributed by atoms with Crippen molar-refractivity contribution in [3.05, 3.63) is 24.2 Å². The summed E-state index contributed by atoms with van der Waals surface area (Å²) in [5.74, 6) is 0. The van der Waals surface area contributed by atoms with Crippen molar-refractivity contribution in [1.82, 2.24) is 19.6 Å². The van der Waals surface area contributed by atoms with Gasteiger partial charge in [0, 0.05) is 26.0 Å². The zero-order valence-electron chi connectivity index (χ0n) is 9.36. The normalized spacial score (nSPS) is 12.1. The van der Waals surface area contributed by atoms with Gasteiger partial charge in [0.2, 0.25) is 0 Å². The maximum absolute atomic E-state index is 12.8. The van der Waals surface area contributed by atoms with Crippen LogP contribution in [-0.4, -0.2) is 19.6 Å². The van der Waals surface area contributed by atoms with Crippen molar-refractivity contribution in [2.24, 2.45) is 7.05 Å². The second-order valence-corrected chi connectivity index (χ2v) is 3.58. The van der Waals surface area contributed by atoms with Crippen molar-refractivity contribution in [3.63, 3.8) is 0 Å². The van der Waals surface area contributed by atoms with Crippen LogP contribution in [0.4, 0.5) is 13.2 Å². The highest BCUT2D eigenvalue weighted by molar-refractivity contribution is 5.62. The van der Waals surface area contributed by atoms with Gasteiger partial charge in [0.25, 0.3) is 0 Å². The van der Waals surface area contributed by atoms with Crippen LogP contribution in [0.25, 0.3) is 11.3 Å². The third kappa shape index (κ3) is 2.04. The molecule has 0 aromatic carbocycles. The summed E-state index contributed by atoms with van der Waals surface area (Å²) in [4.78, 5) is 0. The smallest absolute Gasteiger partial charge is 0.272 e. The Morgan fingerprint density at radius 3 is 2.53 bits per heavy atom. The topological polar surface area (TPSA) is 35.6 Å². The van der Waals surface area contributed by atoms with Gasteiger partial charge in [0.1, 0.15) is 0 Å². The number of aryl methyl sites for hydroxylation is 2. The molecule has 4 nitrogen and oxygen atoms in total. The zero-order valence-corrected chi connectivity index (χ0v) is 9.36. The van der Waals surface area contributed by atoms with Crippen molar-refractivity contribution >= 4 is 0 Å². The largest absolute Gasteiger partial charge is 0.435 e. The van der Waals surface area contributed by atoms with Crippen LogP contribution in [0.1, 0.15) is 12.6 Å². The number of aromatic nitrogens is 4. The predicted molar refractivity (Wildman–Crippen MR) is 55.1 cm³/mol. The van der Waals surface area contributed by atoms with Gasteiger partial charge < -0.3 is 0 Å². The number of hydrogen-bond donors (Lipinski definition) is 0. The first-order valence-corrected chi connectivity index (χ1v) is 5.06. The van der Waals surface area contributed by atoms with Gasteiger partial charge in [-0.2, -0.15) is 23.4 Å². The molecule has 0 aliphatic heterocycles. The standard InChI is InChI=1S/C10H11F3N4/c1-3-17-6-7(8-4-5-14-16(8)2)9(15-17)10(11,12)13/h4-6H,3H2,1-2H3. The van der Waals surface area contributed by atoms with E-state index >= 15 is 0 Å². The number of alkyl halides is 3. The highest BCUT2D eigenvalue weighted by Gasteiger charge is 2.38. The molecule has 0 aliphatic rings. The molecule has 2 aromatic rings. The lowest BCUT2D eigenvalue weighted by Crippen LogP contribution is -2.09. The molecule has 0 saturated heterocycles. The minimum atomic E-state index is -4.46. The summed E-state index contributed by atoms with van der Waals surface area (Å²) in [5, 5.41) is 7.41. The highest BCUT2D eigenvalue weighted by Crippen LogP contribution is 2.35. The summed E-state index contributed by atoms with van der Waals surface area (Å²) >= 11 is 0. The molecule has 0 amide bonds. The summed E-state index contributed by atoms with van der Waals surface area (Å²) in [6.45, 7) is 2.13. The lowest BCUT2D eigenvalue weighted by atomic mass is 10.2. The first kappa shape index (κ1) is 11.7. The fraction of sp³-hybridized carbons (Fsp3) is 0.400. The molecule has 17 heavy (non-hydrogen) atoms. The second-order valence-electron chi connectivity index (χ2n) is 3.58. The van der Waals surface area contributed by atoms with Gasteiger partial charge in [-0.05, 0) is 13.0 Å².